The van der Waals surface area contributed by atoms with Gasteiger partial charge in [-0.05, 0) is 44.2 Å². The topological polar surface area (TPSA) is 49.8 Å². The Morgan fingerprint density at radius 1 is 1.43 bits per heavy atom. The summed E-state index contributed by atoms with van der Waals surface area (Å²) in [6.07, 6.45) is 4.23. The molecule has 2 rings (SSSR count). The van der Waals surface area contributed by atoms with Crippen LogP contribution in [-0.2, 0) is 4.79 Å². The van der Waals surface area contributed by atoms with E-state index in [2.05, 4.69) is 0 Å². The number of carbonyl (C=O) groups is 1. The lowest BCUT2D eigenvalue weighted by Gasteiger charge is -2.24. The third kappa shape index (κ3) is 4.46. The number of aliphatic hydroxyl groups excluding tert-OH is 1. The zero-order chi connectivity index (χ0) is 15.1. The van der Waals surface area contributed by atoms with Crippen molar-refractivity contribution in [3.63, 3.8) is 0 Å². The van der Waals surface area contributed by atoms with E-state index in [1.54, 1.807) is 0 Å². The Bertz CT molecular complexity index is 461. The number of hydrogen-bond donors (Lipinski definition) is 1. The zero-order valence-corrected chi connectivity index (χ0v) is 12.8. The Labute approximate surface area is 126 Å². The lowest BCUT2D eigenvalue weighted by atomic mass is 10.1. The predicted molar refractivity (Wildman–Crippen MR) is 82.3 cm³/mol. The fourth-order valence-electron chi connectivity index (χ4n) is 2.90. The van der Waals surface area contributed by atoms with Crippen molar-refractivity contribution in [1.29, 1.82) is 0 Å². The summed E-state index contributed by atoms with van der Waals surface area (Å²) in [5.74, 6) is 1.02. The molecule has 0 radical (unpaired) electrons. The van der Waals surface area contributed by atoms with Crippen molar-refractivity contribution in [2.75, 3.05) is 19.8 Å². The minimum Gasteiger partial charge on any atom is -0.493 e. The lowest BCUT2D eigenvalue weighted by Crippen LogP contribution is -2.36. The molecule has 4 heteroatoms. The Morgan fingerprint density at radius 3 is 3.00 bits per heavy atom. The number of aryl methyl sites for hydroxylation is 1. The van der Waals surface area contributed by atoms with Crippen LogP contribution in [0.5, 0.6) is 5.75 Å². The number of nitrogens with zero attached hydrogens (tertiary/aromatic N) is 1. The molecule has 0 aromatic heterocycles. The molecular formula is C17H25NO3. The van der Waals surface area contributed by atoms with Gasteiger partial charge in [0.25, 0.3) is 0 Å². The average molecular weight is 291 g/mol. The van der Waals surface area contributed by atoms with Crippen LogP contribution in [0.25, 0.3) is 0 Å². The molecule has 1 fully saturated rings. The van der Waals surface area contributed by atoms with E-state index in [0.717, 1.165) is 43.5 Å². The summed E-state index contributed by atoms with van der Waals surface area (Å²) < 4.78 is 5.70. The largest absolute Gasteiger partial charge is 0.493 e. The molecule has 0 aliphatic carbocycles. The number of ether oxygens (including phenoxy) is 1. The van der Waals surface area contributed by atoms with Crippen molar-refractivity contribution in [3.8, 4) is 5.75 Å². The van der Waals surface area contributed by atoms with E-state index in [9.17, 15) is 4.79 Å². The first-order valence-electron chi connectivity index (χ1n) is 7.81. The van der Waals surface area contributed by atoms with Gasteiger partial charge in [-0.15, -0.1) is 0 Å². The molecule has 21 heavy (non-hydrogen) atoms. The van der Waals surface area contributed by atoms with E-state index < -0.39 is 0 Å². The molecule has 0 saturated carbocycles. The van der Waals surface area contributed by atoms with Gasteiger partial charge < -0.3 is 14.7 Å². The summed E-state index contributed by atoms with van der Waals surface area (Å²) >= 11 is 0. The number of aliphatic hydroxyl groups is 1. The molecule has 1 atom stereocenters. The molecule has 1 aromatic rings. The molecule has 1 unspecified atom stereocenters. The second kappa shape index (κ2) is 8.03. The molecule has 116 valence electrons. The van der Waals surface area contributed by atoms with E-state index in [1.807, 2.05) is 36.1 Å². The van der Waals surface area contributed by atoms with Crippen LogP contribution >= 0.6 is 0 Å². The van der Waals surface area contributed by atoms with Crippen molar-refractivity contribution < 1.29 is 14.6 Å². The molecule has 4 nitrogen and oxygen atoms in total. The van der Waals surface area contributed by atoms with Gasteiger partial charge in [0, 0.05) is 19.2 Å². The summed E-state index contributed by atoms with van der Waals surface area (Å²) in [7, 11) is 0. The lowest BCUT2D eigenvalue weighted by molar-refractivity contribution is -0.132. The molecule has 1 heterocycles. The number of carbonyl (C=O) groups excluding carboxylic acids is 1. The van der Waals surface area contributed by atoms with Crippen molar-refractivity contribution in [3.05, 3.63) is 29.8 Å². The van der Waals surface area contributed by atoms with Crippen LogP contribution in [0.4, 0.5) is 0 Å². The maximum absolute atomic E-state index is 12.3. The van der Waals surface area contributed by atoms with Crippen LogP contribution in [0.2, 0.25) is 0 Å². The first-order valence-corrected chi connectivity index (χ1v) is 7.81. The Morgan fingerprint density at radius 2 is 2.24 bits per heavy atom. The molecular weight excluding hydrogens is 266 g/mol. The summed E-state index contributed by atoms with van der Waals surface area (Å²) in [4.78, 5) is 14.2. The summed E-state index contributed by atoms with van der Waals surface area (Å²) in [5.41, 5.74) is 1.09. The third-order valence-corrected chi connectivity index (χ3v) is 4.06. The Balaban J connectivity index is 1.77. The highest BCUT2D eigenvalue weighted by Gasteiger charge is 2.27. The zero-order valence-electron chi connectivity index (χ0n) is 12.8. The summed E-state index contributed by atoms with van der Waals surface area (Å²) in [5, 5.41) is 8.92. The van der Waals surface area contributed by atoms with E-state index in [1.165, 1.54) is 0 Å². The van der Waals surface area contributed by atoms with Crippen molar-refractivity contribution >= 4 is 5.91 Å². The van der Waals surface area contributed by atoms with Gasteiger partial charge in [0.2, 0.25) is 5.91 Å². The third-order valence-electron chi connectivity index (χ3n) is 4.06. The highest BCUT2D eigenvalue weighted by molar-refractivity contribution is 5.77. The fourth-order valence-corrected chi connectivity index (χ4v) is 2.90. The normalized spacial score (nSPS) is 18.0. The van der Waals surface area contributed by atoms with Crippen molar-refractivity contribution in [2.45, 2.75) is 45.1 Å². The highest BCUT2D eigenvalue weighted by atomic mass is 16.5. The van der Waals surface area contributed by atoms with Gasteiger partial charge in [-0.1, -0.05) is 18.2 Å². The second-order valence-corrected chi connectivity index (χ2v) is 5.61. The van der Waals surface area contributed by atoms with E-state index in [-0.39, 0.29) is 12.5 Å². The minimum atomic E-state index is 0.170. The van der Waals surface area contributed by atoms with Crippen LogP contribution in [0.15, 0.2) is 24.3 Å². The highest BCUT2D eigenvalue weighted by Crippen LogP contribution is 2.22. The van der Waals surface area contributed by atoms with Crippen LogP contribution < -0.4 is 4.74 Å². The molecule has 1 amide bonds. The number of hydrogen-bond acceptors (Lipinski definition) is 3. The Hall–Kier alpha value is -1.55. The van der Waals surface area contributed by atoms with E-state index in [0.29, 0.717) is 19.1 Å². The molecule has 1 N–H and O–H groups in total. The quantitative estimate of drug-likeness (QED) is 0.840. The molecule has 1 aliphatic rings. The van der Waals surface area contributed by atoms with Gasteiger partial charge in [-0.3, -0.25) is 4.79 Å². The van der Waals surface area contributed by atoms with Gasteiger partial charge in [0.15, 0.2) is 0 Å². The van der Waals surface area contributed by atoms with Gasteiger partial charge in [0.1, 0.15) is 5.75 Å². The van der Waals surface area contributed by atoms with Crippen LogP contribution in [0.1, 0.15) is 37.7 Å². The maximum atomic E-state index is 12.3. The number of benzene rings is 1. The van der Waals surface area contributed by atoms with Crippen LogP contribution in [0, 0.1) is 6.92 Å². The molecule has 1 aromatic carbocycles. The van der Waals surface area contributed by atoms with Crippen molar-refractivity contribution in [2.24, 2.45) is 0 Å². The van der Waals surface area contributed by atoms with Gasteiger partial charge in [0.05, 0.1) is 13.0 Å². The monoisotopic (exact) mass is 291 g/mol. The number of likely N-dealkylation sites (tertiary alicyclic amines) is 1. The maximum Gasteiger partial charge on any atom is 0.226 e. The number of rotatable bonds is 7. The first-order chi connectivity index (χ1) is 10.2. The number of amides is 1. The average Bonchev–Trinajstić information content (AvgIpc) is 2.95. The van der Waals surface area contributed by atoms with Gasteiger partial charge >= 0.3 is 0 Å². The SMILES string of the molecule is Cc1ccccc1OCCC(=O)N1CCCC1CCCO. The predicted octanol–water partition coefficient (Wildman–Crippen LogP) is 2.53. The number of para-hydroxylation sites is 1. The van der Waals surface area contributed by atoms with E-state index >= 15 is 0 Å². The molecule has 1 saturated heterocycles. The standard InChI is InChI=1S/C17H25NO3/c1-14-6-2-3-9-16(14)21-13-10-17(20)18-11-4-7-15(18)8-5-12-19/h2-3,6,9,15,19H,4-5,7-8,10-13H2,1H3. The van der Waals surface area contributed by atoms with Crippen molar-refractivity contribution in [1.82, 2.24) is 4.90 Å². The minimum absolute atomic E-state index is 0.170. The summed E-state index contributed by atoms with van der Waals surface area (Å²) in [6.45, 7) is 3.48. The second-order valence-electron chi connectivity index (χ2n) is 5.61. The molecule has 0 bridgehead atoms. The first kappa shape index (κ1) is 15.8. The molecule has 0 spiro atoms. The smallest absolute Gasteiger partial charge is 0.226 e. The van der Waals surface area contributed by atoms with Gasteiger partial charge in [-0.25, -0.2) is 0 Å². The molecule has 1 aliphatic heterocycles. The van der Waals surface area contributed by atoms with Crippen LogP contribution in [-0.4, -0.2) is 41.7 Å². The van der Waals surface area contributed by atoms with E-state index in [4.69, 9.17) is 9.84 Å². The summed E-state index contributed by atoms with van der Waals surface area (Å²) in [6, 6.07) is 8.16. The van der Waals surface area contributed by atoms with Gasteiger partial charge in [-0.2, -0.15) is 0 Å². The van der Waals surface area contributed by atoms with Crippen LogP contribution in [0.3, 0.4) is 0 Å². The Kier molecular flexibility index (Phi) is 6.05. The fraction of sp³-hybridized carbons (Fsp3) is 0.588.